The third kappa shape index (κ3) is 4.78. The van der Waals surface area contributed by atoms with Gasteiger partial charge in [-0.3, -0.25) is 0 Å². The zero-order valence-corrected chi connectivity index (χ0v) is 14.9. The van der Waals surface area contributed by atoms with Crippen LogP contribution in [0, 0.1) is 5.82 Å². The third-order valence-corrected chi connectivity index (χ3v) is 4.95. The smallest absolute Gasteiger partial charge is 0.238 e. The lowest BCUT2D eigenvalue weighted by Crippen LogP contribution is -2.83. The molecule has 0 aliphatic heterocycles. The van der Waals surface area contributed by atoms with Crippen molar-refractivity contribution >= 4 is 10.0 Å². The maximum atomic E-state index is 13.0. The van der Waals surface area contributed by atoms with Crippen LogP contribution in [0.2, 0.25) is 0 Å². The van der Waals surface area contributed by atoms with Crippen LogP contribution in [0.5, 0.6) is 0 Å². The van der Waals surface area contributed by atoms with Crippen molar-refractivity contribution < 1.29 is 22.5 Å². The molecular weight excluding hydrogens is 355 g/mol. The number of sulfonamides is 1. The zero-order chi connectivity index (χ0) is 18.6. The van der Waals surface area contributed by atoms with Crippen LogP contribution in [-0.2, 0) is 23.0 Å². The molecule has 0 saturated heterocycles. The molecule has 0 amide bonds. The van der Waals surface area contributed by atoms with E-state index in [1.54, 1.807) is 24.3 Å². The SMILES string of the molecule is NS(=O)(=O)c1ccc(CC[NH2+]Cc2ccc(-c3ccc(F)cc3)o2)cc1. The number of primary sulfonamides is 1. The Bertz CT molecular complexity index is 965. The van der Waals surface area contributed by atoms with Crippen LogP contribution in [0.1, 0.15) is 11.3 Å². The number of rotatable bonds is 7. The van der Waals surface area contributed by atoms with E-state index in [4.69, 9.17) is 9.56 Å². The Morgan fingerprint density at radius 1 is 0.962 bits per heavy atom. The first-order valence-corrected chi connectivity index (χ1v) is 9.74. The van der Waals surface area contributed by atoms with Gasteiger partial charge in [0.15, 0.2) is 5.76 Å². The molecule has 3 aromatic rings. The lowest BCUT2D eigenvalue weighted by atomic mass is 10.1. The Hall–Kier alpha value is -2.48. The second-order valence-electron chi connectivity index (χ2n) is 5.99. The van der Waals surface area contributed by atoms with Crippen molar-refractivity contribution in [1.29, 1.82) is 0 Å². The van der Waals surface area contributed by atoms with Crippen molar-refractivity contribution in [2.24, 2.45) is 5.14 Å². The molecule has 3 rings (SSSR count). The summed E-state index contributed by atoms with van der Waals surface area (Å²) < 4.78 is 41.2. The van der Waals surface area contributed by atoms with Gasteiger partial charge in [0, 0.05) is 12.0 Å². The zero-order valence-electron chi connectivity index (χ0n) is 14.1. The Kier molecular flexibility index (Phi) is 5.51. The van der Waals surface area contributed by atoms with Gasteiger partial charge in [-0.05, 0) is 54.1 Å². The van der Waals surface area contributed by atoms with E-state index < -0.39 is 10.0 Å². The van der Waals surface area contributed by atoms with Gasteiger partial charge >= 0.3 is 0 Å². The molecule has 26 heavy (non-hydrogen) atoms. The van der Waals surface area contributed by atoms with Gasteiger partial charge in [-0.25, -0.2) is 17.9 Å². The summed E-state index contributed by atoms with van der Waals surface area (Å²) in [6.45, 7) is 1.53. The van der Waals surface area contributed by atoms with Gasteiger partial charge in [0.2, 0.25) is 10.0 Å². The molecule has 5 nitrogen and oxygen atoms in total. The van der Waals surface area contributed by atoms with Crippen molar-refractivity contribution in [3.8, 4) is 11.3 Å². The standard InChI is InChI=1S/C19H19FN2O3S/c20-16-5-3-15(4-6-16)19-10-7-17(25-19)13-22-12-11-14-1-8-18(9-2-14)26(21,23)24/h1-10,22H,11-13H2,(H2,21,23,24)/p+1. The number of benzene rings is 2. The Balaban J connectivity index is 1.49. The van der Waals surface area contributed by atoms with Gasteiger partial charge in [-0.2, -0.15) is 0 Å². The molecule has 0 bridgehead atoms. The van der Waals surface area contributed by atoms with E-state index in [-0.39, 0.29) is 10.7 Å². The third-order valence-electron chi connectivity index (χ3n) is 4.02. The van der Waals surface area contributed by atoms with E-state index >= 15 is 0 Å². The largest absolute Gasteiger partial charge is 0.455 e. The van der Waals surface area contributed by atoms with Crippen molar-refractivity contribution in [3.05, 3.63) is 77.8 Å². The molecule has 0 saturated carbocycles. The normalized spacial score (nSPS) is 11.6. The lowest BCUT2D eigenvalue weighted by molar-refractivity contribution is -0.671. The quantitative estimate of drug-likeness (QED) is 0.619. The maximum Gasteiger partial charge on any atom is 0.238 e. The van der Waals surface area contributed by atoms with Crippen LogP contribution in [-0.4, -0.2) is 15.0 Å². The van der Waals surface area contributed by atoms with Crippen LogP contribution in [0.15, 0.2) is 70.0 Å². The number of nitrogens with two attached hydrogens (primary N) is 2. The molecule has 0 aliphatic rings. The fourth-order valence-electron chi connectivity index (χ4n) is 2.62. The summed E-state index contributed by atoms with van der Waals surface area (Å²) >= 11 is 0. The molecule has 1 heterocycles. The van der Waals surface area contributed by atoms with Gasteiger partial charge in [0.05, 0.1) is 11.4 Å². The minimum absolute atomic E-state index is 0.120. The predicted octanol–water partition coefficient (Wildman–Crippen LogP) is 2.04. The van der Waals surface area contributed by atoms with Gasteiger partial charge in [0.25, 0.3) is 0 Å². The second-order valence-corrected chi connectivity index (χ2v) is 7.55. The minimum atomic E-state index is -3.64. The van der Waals surface area contributed by atoms with E-state index in [1.165, 1.54) is 24.3 Å². The van der Waals surface area contributed by atoms with E-state index in [0.717, 1.165) is 29.9 Å². The minimum Gasteiger partial charge on any atom is -0.455 e. The van der Waals surface area contributed by atoms with Crippen molar-refractivity contribution in [2.75, 3.05) is 6.54 Å². The number of halogens is 1. The topological polar surface area (TPSA) is 89.9 Å². The first-order valence-electron chi connectivity index (χ1n) is 8.20. The molecule has 136 valence electrons. The molecule has 0 aliphatic carbocycles. The number of quaternary nitrogens is 1. The molecule has 0 atom stereocenters. The van der Waals surface area contributed by atoms with Crippen LogP contribution in [0.3, 0.4) is 0 Å². The molecule has 0 radical (unpaired) electrons. The Morgan fingerprint density at radius 3 is 2.31 bits per heavy atom. The molecular formula is C19H20FN2O3S+. The summed E-state index contributed by atoms with van der Waals surface area (Å²) in [5.74, 6) is 1.28. The highest BCUT2D eigenvalue weighted by atomic mass is 32.2. The van der Waals surface area contributed by atoms with Crippen molar-refractivity contribution in [1.82, 2.24) is 0 Å². The molecule has 4 N–H and O–H groups in total. The average molecular weight is 375 g/mol. The van der Waals surface area contributed by atoms with Crippen LogP contribution < -0.4 is 10.5 Å². The van der Waals surface area contributed by atoms with Gasteiger partial charge in [0.1, 0.15) is 18.1 Å². The maximum absolute atomic E-state index is 13.0. The predicted molar refractivity (Wildman–Crippen MR) is 96.1 cm³/mol. The Morgan fingerprint density at radius 2 is 1.65 bits per heavy atom. The molecule has 0 fully saturated rings. The average Bonchev–Trinajstić information content (AvgIpc) is 3.08. The summed E-state index contributed by atoms with van der Waals surface area (Å²) in [6.07, 6.45) is 0.802. The van der Waals surface area contributed by atoms with Crippen LogP contribution in [0.25, 0.3) is 11.3 Å². The Labute approximate surface area is 151 Å². The highest BCUT2D eigenvalue weighted by Crippen LogP contribution is 2.21. The van der Waals surface area contributed by atoms with Crippen LogP contribution >= 0.6 is 0 Å². The summed E-state index contributed by atoms with van der Waals surface area (Å²) in [5.41, 5.74) is 1.88. The lowest BCUT2D eigenvalue weighted by Gasteiger charge is -2.03. The summed E-state index contributed by atoms with van der Waals surface area (Å²) in [5, 5.41) is 7.19. The molecule has 0 unspecified atom stereocenters. The van der Waals surface area contributed by atoms with Crippen molar-refractivity contribution in [3.63, 3.8) is 0 Å². The first kappa shape index (κ1) is 18.3. The molecule has 0 spiro atoms. The number of hydrogen-bond donors (Lipinski definition) is 2. The fourth-order valence-corrected chi connectivity index (χ4v) is 3.13. The number of furan rings is 1. The molecule has 2 aromatic carbocycles. The van der Waals surface area contributed by atoms with Gasteiger partial charge < -0.3 is 9.73 Å². The highest BCUT2D eigenvalue weighted by Gasteiger charge is 2.08. The highest BCUT2D eigenvalue weighted by molar-refractivity contribution is 7.89. The summed E-state index contributed by atoms with van der Waals surface area (Å²) in [6, 6.07) is 16.6. The second kappa shape index (κ2) is 7.82. The first-order chi connectivity index (χ1) is 12.4. The van der Waals surface area contributed by atoms with Gasteiger partial charge in [-0.1, -0.05) is 12.1 Å². The van der Waals surface area contributed by atoms with E-state index in [9.17, 15) is 12.8 Å². The number of hydrogen-bond acceptors (Lipinski definition) is 3. The fraction of sp³-hybridized carbons (Fsp3) is 0.158. The molecule has 1 aromatic heterocycles. The van der Waals surface area contributed by atoms with Crippen LogP contribution in [0.4, 0.5) is 4.39 Å². The van der Waals surface area contributed by atoms with E-state index in [1.807, 2.05) is 12.1 Å². The molecule has 7 heteroatoms. The summed E-state index contributed by atoms with van der Waals surface area (Å²) in [7, 11) is -3.64. The van der Waals surface area contributed by atoms with Crippen molar-refractivity contribution in [2.45, 2.75) is 17.9 Å². The summed E-state index contributed by atoms with van der Waals surface area (Å²) in [4.78, 5) is 0.120. The van der Waals surface area contributed by atoms with E-state index in [0.29, 0.717) is 12.3 Å². The monoisotopic (exact) mass is 375 g/mol. The van der Waals surface area contributed by atoms with Gasteiger partial charge in [-0.15, -0.1) is 0 Å². The van der Waals surface area contributed by atoms with E-state index in [2.05, 4.69) is 5.32 Å².